The van der Waals surface area contributed by atoms with Gasteiger partial charge >= 0.3 is 6.18 Å². The highest BCUT2D eigenvalue weighted by atomic mass is 32.2. The Bertz CT molecular complexity index is 524. The van der Waals surface area contributed by atoms with Crippen molar-refractivity contribution >= 4 is 40.4 Å². The van der Waals surface area contributed by atoms with Crippen molar-refractivity contribution in [3.63, 3.8) is 0 Å². The zero-order valence-electron chi connectivity index (χ0n) is 9.35. The number of alkyl halides is 3. The Hall–Kier alpha value is -1.41. The lowest BCUT2D eigenvalue weighted by Crippen LogP contribution is -2.22. The fraction of sp³-hybridized carbons (Fsp3) is 0.182. The average Bonchev–Trinajstić information content (AvgIpc) is 2.66. The van der Waals surface area contributed by atoms with E-state index in [1.807, 2.05) is 0 Å². The molecule has 1 saturated heterocycles. The highest BCUT2D eigenvalue weighted by Crippen LogP contribution is 2.29. The van der Waals surface area contributed by atoms with Crippen molar-refractivity contribution in [3.05, 3.63) is 35.4 Å². The molecule has 2 rings (SSSR count). The number of hydrazone groups is 1. The lowest BCUT2D eigenvalue weighted by atomic mass is 10.1. The second-order valence-corrected chi connectivity index (χ2v) is 5.23. The number of nitrogens with zero attached hydrogens (tertiary/aromatic N) is 2. The summed E-state index contributed by atoms with van der Waals surface area (Å²) in [5.41, 5.74) is -0.270. The molecule has 1 aliphatic rings. The predicted molar refractivity (Wildman–Crippen MR) is 70.9 cm³/mol. The summed E-state index contributed by atoms with van der Waals surface area (Å²) in [6.45, 7) is 0. The zero-order valence-corrected chi connectivity index (χ0v) is 11.0. The topological polar surface area (TPSA) is 32.7 Å². The normalized spacial score (nSPS) is 16.7. The van der Waals surface area contributed by atoms with E-state index in [0.717, 1.165) is 17.1 Å². The van der Waals surface area contributed by atoms with Crippen molar-refractivity contribution in [2.45, 2.75) is 6.18 Å². The third-order valence-corrected chi connectivity index (χ3v) is 3.63. The molecular formula is C11H7F3N2OS2. The molecule has 0 spiro atoms. The van der Waals surface area contributed by atoms with E-state index in [9.17, 15) is 18.0 Å². The second kappa shape index (κ2) is 5.30. The first kappa shape index (κ1) is 14.0. The molecule has 1 aliphatic heterocycles. The molecule has 0 radical (unpaired) electrons. The summed E-state index contributed by atoms with van der Waals surface area (Å²) in [6.07, 6.45) is -3.06. The smallest absolute Gasteiger partial charge is 0.272 e. The van der Waals surface area contributed by atoms with Crippen LogP contribution in [0.5, 0.6) is 0 Å². The molecule has 0 N–H and O–H groups in total. The van der Waals surface area contributed by atoms with Gasteiger partial charge in [-0.15, -0.1) is 0 Å². The highest BCUT2D eigenvalue weighted by Gasteiger charge is 2.30. The number of thiocarbonyl (C=S) groups is 1. The van der Waals surface area contributed by atoms with E-state index in [1.54, 1.807) is 0 Å². The van der Waals surface area contributed by atoms with Gasteiger partial charge in [0.25, 0.3) is 5.91 Å². The van der Waals surface area contributed by atoms with Gasteiger partial charge in [-0.25, -0.2) is 0 Å². The number of carbonyl (C=O) groups is 1. The number of carbonyl (C=O) groups excluding carboxylic acids is 1. The molecule has 0 saturated carbocycles. The van der Waals surface area contributed by atoms with Crippen LogP contribution in [-0.4, -0.2) is 27.2 Å². The minimum absolute atomic E-state index is 0.238. The van der Waals surface area contributed by atoms with Gasteiger partial charge in [0.05, 0.1) is 17.5 Å². The van der Waals surface area contributed by atoms with Crippen LogP contribution >= 0.6 is 24.0 Å². The van der Waals surface area contributed by atoms with Gasteiger partial charge in [-0.3, -0.25) is 4.79 Å². The Kier molecular flexibility index (Phi) is 3.91. The molecule has 0 unspecified atom stereocenters. The average molecular weight is 304 g/mol. The Balaban J connectivity index is 2.12. The van der Waals surface area contributed by atoms with Gasteiger partial charge in [0.15, 0.2) is 4.32 Å². The Morgan fingerprint density at radius 2 is 1.95 bits per heavy atom. The van der Waals surface area contributed by atoms with Gasteiger partial charge in [0.1, 0.15) is 0 Å². The molecule has 3 nitrogen and oxygen atoms in total. The third-order valence-electron chi connectivity index (χ3n) is 2.29. The number of amides is 1. The van der Waals surface area contributed by atoms with E-state index in [-0.39, 0.29) is 11.7 Å². The van der Waals surface area contributed by atoms with Crippen LogP contribution in [0.15, 0.2) is 29.4 Å². The number of rotatable bonds is 2. The van der Waals surface area contributed by atoms with Gasteiger partial charge in [0.2, 0.25) is 0 Å². The quantitative estimate of drug-likeness (QED) is 0.622. The monoisotopic (exact) mass is 304 g/mol. The third kappa shape index (κ3) is 3.32. The number of halogens is 3. The molecule has 1 amide bonds. The Labute approximate surface area is 116 Å². The number of thioether (sulfide) groups is 1. The van der Waals surface area contributed by atoms with Crippen molar-refractivity contribution in [1.82, 2.24) is 5.01 Å². The fourth-order valence-electron chi connectivity index (χ4n) is 1.34. The Morgan fingerprint density at radius 3 is 2.42 bits per heavy atom. The standard InChI is InChI=1S/C11H7F3N2OS2/c12-11(13,14)8-3-1-7(2-4-8)5-15-16-9(17)6-19-10(16)18/h1-5H,6H2/b15-5-. The van der Waals surface area contributed by atoms with Crippen LogP contribution in [0, 0.1) is 0 Å². The number of benzene rings is 1. The lowest BCUT2D eigenvalue weighted by Gasteiger charge is -2.07. The maximum Gasteiger partial charge on any atom is 0.416 e. The summed E-state index contributed by atoms with van der Waals surface area (Å²) in [7, 11) is 0. The molecule has 1 aromatic carbocycles. The maximum atomic E-state index is 12.3. The van der Waals surface area contributed by atoms with E-state index >= 15 is 0 Å². The van der Waals surface area contributed by atoms with E-state index in [2.05, 4.69) is 5.10 Å². The van der Waals surface area contributed by atoms with Gasteiger partial charge in [0, 0.05) is 0 Å². The molecule has 0 aliphatic carbocycles. The van der Waals surface area contributed by atoms with E-state index in [4.69, 9.17) is 12.2 Å². The molecule has 100 valence electrons. The lowest BCUT2D eigenvalue weighted by molar-refractivity contribution is -0.137. The molecule has 0 atom stereocenters. The van der Waals surface area contributed by atoms with E-state index in [1.165, 1.54) is 30.1 Å². The SMILES string of the molecule is O=C1CSC(=S)N1/N=C\c1ccc(C(F)(F)F)cc1. The van der Waals surface area contributed by atoms with Gasteiger partial charge in [-0.2, -0.15) is 23.3 Å². The van der Waals surface area contributed by atoms with Crippen molar-refractivity contribution in [3.8, 4) is 0 Å². The molecule has 0 aromatic heterocycles. The molecular weight excluding hydrogens is 297 g/mol. The van der Waals surface area contributed by atoms with Crippen molar-refractivity contribution < 1.29 is 18.0 Å². The summed E-state index contributed by atoms with van der Waals surface area (Å²) in [5.74, 6) is 0.00146. The van der Waals surface area contributed by atoms with Crippen LogP contribution in [0.3, 0.4) is 0 Å². The van der Waals surface area contributed by atoms with Crippen molar-refractivity contribution in [2.24, 2.45) is 5.10 Å². The van der Waals surface area contributed by atoms with Gasteiger partial charge < -0.3 is 0 Å². The van der Waals surface area contributed by atoms with Crippen LogP contribution in [0.4, 0.5) is 13.2 Å². The molecule has 1 fully saturated rings. The Morgan fingerprint density at radius 1 is 1.32 bits per heavy atom. The summed E-state index contributed by atoms with van der Waals surface area (Å²) in [5, 5.41) is 4.93. The number of hydrogen-bond donors (Lipinski definition) is 0. The molecule has 19 heavy (non-hydrogen) atoms. The van der Waals surface area contributed by atoms with Crippen LogP contribution in [0.25, 0.3) is 0 Å². The first-order valence-electron chi connectivity index (χ1n) is 5.09. The van der Waals surface area contributed by atoms with Gasteiger partial charge in [-0.1, -0.05) is 36.1 Å². The molecule has 0 bridgehead atoms. The van der Waals surface area contributed by atoms with Crippen LogP contribution < -0.4 is 0 Å². The predicted octanol–water partition coefficient (Wildman–Crippen LogP) is 2.90. The first-order valence-corrected chi connectivity index (χ1v) is 6.48. The number of hydrogen-bond acceptors (Lipinski definition) is 4. The van der Waals surface area contributed by atoms with Crippen LogP contribution in [0.2, 0.25) is 0 Å². The largest absolute Gasteiger partial charge is 0.416 e. The van der Waals surface area contributed by atoms with Crippen molar-refractivity contribution in [2.75, 3.05) is 5.75 Å². The van der Waals surface area contributed by atoms with E-state index in [0.29, 0.717) is 9.88 Å². The zero-order chi connectivity index (χ0) is 14.0. The maximum absolute atomic E-state index is 12.3. The fourth-order valence-corrected chi connectivity index (χ4v) is 2.31. The summed E-state index contributed by atoms with van der Waals surface area (Å²) in [6, 6.07) is 4.48. The summed E-state index contributed by atoms with van der Waals surface area (Å²) >= 11 is 6.11. The molecule has 1 aromatic rings. The minimum atomic E-state index is -4.36. The molecule has 1 heterocycles. The summed E-state index contributed by atoms with van der Waals surface area (Å²) in [4.78, 5) is 11.3. The van der Waals surface area contributed by atoms with Gasteiger partial charge in [-0.05, 0) is 17.7 Å². The van der Waals surface area contributed by atoms with E-state index < -0.39 is 11.7 Å². The second-order valence-electron chi connectivity index (χ2n) is 3.62. The minimum Gasteiger partial charge on any atom is -0.272 e. The highest BCUT2D eigenvalue weighted by molar-refractivity contribution is 8.23. The first-order chi connectivity index (χ1) is 8.88. The van der Waals surface area contributed by atoms with Crippen LogP contribution in [-0.2, 0) is 11.0 Å². The summed E-state index contributed by atoms with van der Waals surface area (Å²) < 4.78 is 37.4. The molecule has 8 heteroatoms. The van der Waals surface area contributed by atoms with Crippen molar-refractivity contribution in [1.29, 1.82) is 0 Å². The van der Waals surface area contributed by atoms with Crippen LogP contribution in [0.1, 0.15) is 11.1 Å².